The number of hydrogen-bond acceptors (Lipinski definition) is 4. The van der Waals surface area contributed by atoms with E-state index in [0.29, 0.717) is 31.5 Å². The molecule has 1 fully saturated rings. The van der Waals surface area contributed by atoms with Gasteiger partial charge in [-0.3, -0.25) is 14.4 Å². The third-order valence-corrected chi connectivity index (χ3v) is 5.35. The molecule has 0 aromatic heterocycles. The van der Waals surface area contributed by atoms with Gasteiger partial charge in [-0.25, -0.2) is 4.39 Å². The van der Waals surface area contributed by atoms with Crippen molar-refractivity contribution < 1.29 is 36.7 Å². The van der Waals surface area contributed by atoms with Crippen LogP contribution in [0.2, 0.25) is 0 Å². The van der Waals surface area contributed by atoms with Crippen LogP contribution in [0.3, 0.4) is 0 Å². The molecule has 1 unspecified atom stereocenters. The lowest BCUT2D eigenvalue weighted by atomic mass is 9.96. The van der Waals surface area contributed by atoms with Gasteiger partial charge in [0, 0.05) is 24.3 Å². The molecule has 2 amide bonds. The number of esters is 1. The summed E-state index contributed by atoms with van der Waals surface area (Å²) in [5.41, 5.74) is -0.348. The zero-order valence-electron chi connectivity index (χ0n) is 17.7. The van der Waals surface area contributed by atoms with Crippen molar-refractivity contribution in [1.82, 2.24) is 4.90 Å². The highest BCUT2D eigenvalue weighted by molar-refractivity contribution is 5.95. The van der Waals surface area contributed by atoms with Crippen molar-refractivity contribution in [3.63, 3.8) is 0 Å². The molecule has 2 aromatic carbocycles. The number of nitrogens with zero attached hydrogens (tertiary/aromatic N) is 1. The lowest BCUT2D eigenvalue weighted by molar-refractivity contribution is -0.158. The van der Waals surface area contributed by atoms with Crippen molar-refractivity contribution in [2.45, 2.75) is 32.0 Å². The minimum Gasteiger partial charge on any atom is -0.452 e. The normalized spacial score (nSPS) is 15.6. The molecule has 1 N–H and O–H groups in total. The van der Waals surface area contributed by atoms with Crippen LogP contribution in [0.5, 0.6) is 0 Å². The van der Waals surface area contributed by atoms with Crippen molar-refractivity contribution in [3.05, 3.63) is 65.5 Å². The second-order valence-corrected chi connectivity index (χ2v) is 7.72. The Hall–Kier alpha value is -3.43. The van der Waals surface area contributed by atoms with E-state index < -0.39 is 41.5 Å². The first-order valence-corrected chi connectivity index (χ1v) is 10.3. The van der Waals surface area contributed by atoms with Crippen molar-refractivity contribution in [1.29, 1.82) is 0 Å². The van der Waals surface area contributed by atoms with Crippen LogP contribution in [-0.2, 0) is 20.5 Å². The maximum absolute atomic E-state index is 13.0. The van der Waals surface area contributed by atoms with Crippen LogP contribution in [0.4, 0.5) is 23.2 Å². The second-order valence-electron chi connectivity index (χ2n) is 7.72. The van der Waals surface area contributed by atoms with Gasteiger partial charge in [0.25, 0.3) is 11.8 Å². The number of carbonyl (C=O) groups excluding carboxylic acids is 3. The molecule has 10 heteroatoms. The predicted octanol–water partition coefficient (Wildman–Crippen LogP) is 4.27. The highest BCUT2D eigenvalue weighted by atomic mass is 19.4. The molecule has 2 aromatic rings. The summed E-state index contributed by atoms with van der Waals surface area (Å²) in [5.74, 6) is -2.45. The van der Waals surface area contributed by atoms with Gasteiger partial charge >= 0.3 is 12.1 Å². The fourth-order valence-corrected chi connectivity index (χ4v) is 3.40. The molecule has 3 rings (SSSR count). The third-order valence-electron chi connectivity index (χ3n) is 5.35. The van der Waals surface area contributed by atoms with E-state index in [1.54, 1.807) is 4.90 Å². The zero-order valence-corrected chi connectivity index (χ0v) is 17.7. The van der Waals surface area contributed by atoms with Crippen LogP contribution in [0, 0.1) is 11.7 Å². The Labute approximate surface area is 187 Å². The summed E-state index contributed by atoms with van der Waals surface area (Å²) in [6.07, 6.45) is -4.94. The molecular formula is C23H22F4N2O4. The van der Waals surface area contributed by atoms with Crippen LogP contribution in [0.1, 0.15) is 35.7 Å². The smallest absolute Gasteiger partial charge is 0.416 e. The van der Waals surface area contributed by atoms with Gasteiger partial charge in [-0.15, -0.1) is 0 Å². The molecule has 6 nitrogen and oxygen atoms in total. The van der Waals surface area contributed by atoms with E-state index in [0.717, 1.165) is 24.3 Å². The first-order valence-electron chi connectivity index (χ1n) is 10.3. The first-order chi connectivity index (χ1) is 15.5. The number of likely N-dealkylation sites (tertiary alicyclic amines) is 1. The van der Waals surface area contributed by atoms with Crippen LogP contribution < -0.4 is 5.32 Å². The summed E-state index contributed by atoms with van der Waals surface area (Å²) < 4.78 is 56.1. The molecule has 1 saturated heterocycles. The Morgan fingerprint density at radius 1 is 1.00 bits per heavy atom. The SMILES string of the molecule is CC(OC(=O)C1CCN(C(=O)c2ccc(F)cc2)CC1)C(=O)Nc1ccc(C(F)(F)F)cc1. The minimum absolute atomic E-state index is 0.142. The Morgan fingerprint density at radius 3 is 2.12 bits per heavy atom. The number of benzene rings is 2. The Morgan fingerprint density at radius 2 is 1.58 bits per heavy atom. The number of carbonyl (C=O) groups is 3. The molecule has 176 valence electrons. The van der Waals surface area contributed by atoms with Gasteiger partial charge in [-0.2, -0.15) is 13.2 Å². The zero-order chi connectivity index (χ0) is 24.2. The van der Waals surface area contributed by atoms with Crippen LogP contribution in [0.15, 0.2) is 48.5 Å². The molecule has 0 radical (unpaired) electrons. The van der Waals surface area contributed by atoms with E-state index in [-0.39, 0.29) is 11.6 Å². The molecule has 33 heavy (non-hydrogen) atoms. The number of ether oxygens (including phenoxy) is 1. The number of halogens is 4. The molecule has 0 aliphatic carbocycles. The lowest BCUT2D eigenvalue weighted by Crippen LogP contribution is -2.41. The van der Waals surface area contributed by atoms with Crippen molar-refractivity contribution in [2.75, 3.05) is 18.4 Å². The van der Waals surface area contributed by atoms with Crippen molar-refractivity contribution in [3.8, 4) is 0 Å². The maximum Gasteiger partial charge on any atom is 0.416 e. The topological polar surface area (TPSA) is 75.7 Å². The molecule has 1 aliphatic heterocycles. The standard InChI is InChI=1S/C23H22F4N2O4/c1-14(20(30)28-19-8-4-17(5-9-19)23(25,26)27)33-22(32)16-10-12-29(13-11-16)21(31)15-2-6-18(24)7-3-15/h2-9,14,16H,10-13H2,1H3,(H,28,30). The van der Waals surface area contributed by atoms with E-state index in [4.69, 9.17) is 4.74 Å². The van der Waals surface area contributed by atoms with Gasteiger partial charge in [0.15, 0.2) is 6.10 Å². The highest BCUT2D eigenvalue weighted by Crippen LogP contribution is 2.30. The number of rotatable bonds is 5. The fraction of sp³-hybridized carbons (Fsp3) is 0.348. The molecule has 0 spiro atoms. The van der Waals surface area contributed by atoms with Crippen molar-refractivity contribution in [2.24, 2.45) is 5.92 Å². The summed E-state index contributed by atoms with van der Waals surface area (Å²) in [6, 6.07) is 9.11. The van der Waals surface area contributed by atoms with Crippen LogP contribution >= 0.6 is 0 Å². The number of alkyl halides is 3. The third kappa shape index (κ3) is 6.30. The number of anilines is 1. The van der Waals surface area contributed by atoms with E-state index in [9.17, 15) is 31.9 Å². The molecule has 1 heterocycles. The molecule has 0 saturated carbocycles. The number of hydrogen-bond donors (Lipinski definition) is 1. The van der Waals surface area contributed by atoms with Gasteiger partial charge in [-0.05, 0) is 68.3 Å². The van der Waals surface area contributed by atoms with Gasteiger partial charge in [0.1, 0.15) is 5.82 Å². The van der Waals surface area contributed by atoms with Gasteiger partial charge in [-0.1, -0.05) is 0 Å². The number of amides is 2. The maximum atomic E-state index is 13.0. The summed E-state index contributed by atoms with van der Waals surface area (Å²) in [5, 5.41) is 2.41. The van der Waals surface area contributed by atoms with E-state index in [2.05, 4.69) is 5.32 Å². The van der Waals surface area contributed by atoms with E-state index in [1.807, 2.05) is 0 Å². The Kier molecular flexibility index (Phi) is 7.35. The molecule has 1 atom stereocenters. The van der Waals surface area contributed by atoms with Crippen LogP contribution in [-0.4, -0.2) is 41.9 Å². The van der Waals surface area contributed by atoms with Gasteiger partial charge in [0.2, 0.25) is 0 Å². The van der Waals surface area contributed by atoms with Crippen LogP contribution in [0.25, 0.3) is 0 Å². The molecular weight excluding hydrogens is 444 g/mol. The molecule has 0 bridgehead atoms. The quantitative estimate of drug-likeness (QED) is 0.528. The van der Waals surface area contributed by atoms with E-state index in [1.165, 1.54) is 31.2 Å². The first kappa shape index (κ1) is 24.2. The summed E-state index contributed by atoms with van der Waals surface area (Å²) in [6.45, 7) is 1.98. The van der Waals surface area contributed by atoms with Gasteiger partial charge < -0.3 is 15.0 Å². The summed E-state index contributed by atoms with van der Waals surface area (Å²) in [4.78, 5) is 38.7. The number of piperidine rings is 1. The average molecular weight is 466 g/mol. The monoisotopic (exact) mass is 466 g/mol. The average Bonchev–Trinajstić information content (AvgIpc) is 2.79. The van der Waals surface area contributed by atoms with Gasteiger partial charge in [0.05, 0.1) is 11.5 Å². The number of nitrogens with one attached hydrogen (secondary N) is 1. The largest absolute Gasteiger partial charge is 0.452 e. The van der Waals surface area contributed by atoms with E-state index >= 15 is 0 Å². The predicted molar refractivity (Wildman–Crippen MR) is 111 cm³/mol. The Balaban J connectivity index is 1.47. The summed E-state index contributed by atoms with van der Waals surface area (Å²) in [7, 11) is 0. The minimum atomic E-state index is -4.48. The fourth-order valence-electron chi connectivity index (χ4n) is 3.40. The lowest BCUT2D eigenvalue weighted by Gasteiger charge is -2.31. The Bertz CT molecular complexity index is 999. The molecule has 1 aliphatic rings. The second kappa shape index (κ2) is 10.0. The van der Waals surface area contributed by atoms with Crippen molar-refractivity contribution >= 4 is 23.5 Å². The summed E-state index contributed by atoms with van der Waals surface area (Å²) >= 11 is 0. The highest BCUT2D eigenvalue weighted by Gasteiger charge is 2.32.